The lowest BCUT2D eigenvalue weighted by atomic mass is 10.1. The van der Waals surface area contributed by atoms with Crippen LogP contribution in [0.4, 0.5) is 23.4 Å². The lowest BCUT2D eigenvalue weighted by molar-refractivity contribution is -0.151. The first-order valence-electron chi connectivity index (χ1n) is 10.2. The van der Waals surface area contributed by atoms with Crippen LogP contribution in [-0.4, -0.2) is 42.6 Å². The third-order valence-electron chi connectivity index (χ3n) is 5.28. The number of piperidine rings is 1. The number of fused-ring (bicyclic) bond motifs is 1. The Labute approximate surface area is 181 Å². The van der Waals surface area contributed by atoms with Crippen molar-refractivity contribution in [1.29, 1.82) is 0 Å². The maximum absolute atomic E-state index is 13.7. The number of hydrogen-bond acceptors (Lipinski definition) is 6. The quantitative estimate of drug-likeness (QED) is 0.314. The number of pyridine rings is 1. The molecule has 3 heterocycles. The molecule has 0 aromatic carbocycles. The maximum atomic E-state index is 13.7. The lowest BCUT2D eigenvalue weighted by Crippen LogP contribution is -2.38. The molecular weight excluding hydrogens is 436 g/mol. The highest BCUT2D eigenvalue weighted by Crippen LogP contribution is 2.40. The topological polar surface area (TPSA) is 59.5 Å². The van der Waals surface area contributed by atoms with Gasteiger partial charge in [-0.25, -0.2) is 4.98 Å². The summed E-state index contributed by atoms with van der Waals surface area (Å²) in [6, 6.07) is 1.02. The minimum absolute atomic E-state index is 0.00370. The van der Waals surface area contributed by atoms with Gasteiger partial charge in [-0.15, -0.1) is 11.3 Å². The van der Waals surface area contributed by atoms with Crippen molar-refractivity contribution in [3.05, 3.63) is 22.6 Å². The summed E-state index contributed by atoms with van der Waals surface area (Å²) in [5, 5.41) is 1.44. The van der Waals surface area contributed by atoms with Gasteiger partial charge in [-0.2, -0.15) is 13.2 Å². The fraction of sp³-hybridized carbons (Fsp3) is 0.571. The second kappa shape index (κ2) is 9.50. The Morgan fingerprint density at radius 1 is 1.32 bits per heavy atom. The number of ketones is 1. The Hall–Kier alpha value is -2.23. The van der Waals surface area contributed by atoms with E-state index in [-0.39, 0.29) is 46.3 Å². The average Bonchev–Trinajstić information content (AvgIpc) is 3.16. The number of Topliss-reactive ketones (excluding diaryl/α,β-unsaturated/α-hetero) is 1. The minimum atomic E-state index is -4.58. The molecule has 0 spiro atoms. The maximum Gasteiger partial charge on any atom is 0.417 e. The molecule has 0 unspecified atom stereocenters. The smallest absolute Gasteiger partial charge is 0.417 e. The molecule has 0 aliphatic carbocycles. The molecule has 0 radical (unpaired) electrons. The highest BCUT2D eigenvalue weighted by atomic mass is 32.1. The zero-order chi connectivity index (χ0) is 22.8. The molecule has 2 aromatic rings. The van der Waals surface area contributed by atoms with Crippen molar-refractivity contribution < 1.29 is 31.9 Å². The fourth-order valence-corrected chi connectivity index (χ4v) is 4.58. The lowest BCUT2D eigenvalue weighted by Gasteiger charge is -2.33. The molecule has 1 atom stereocenters. The van der Waals surface area contributed by atoms with E-state index in [2.05, 4.69) is 4.98 Å². The van der Waals surface area contributed by atoms with Crippen LogP contribution in [0.5, 0.6) is 0 Å². The Kier molecular flexibility index (Phi) is 7.18. The number of halogens is 4. The molecule has 1 aliphatic heterocycles. The van der Waals surface area contributed by atoms with Crippen LogP contribution >= 0.6 is 11.3 Å². The first kappa shape index (κ1) is 23.4. The summed E-state index contributed by atoms with van der Waals surface area (Å²) in [6.45, 7) is 3.38. The van der Waals surface area contributed by atoms with E-state index in [1.807, 2.05) is 0 Å². The fourth-order valence-electron chi connectivity index (χ4n) is 3.53. The molecule has 0 saturated carbocycles. The molecule has 1 saturated heterocycles. The average molecular weight is 460 g/mol. The molecule has 170 valence electrons. The molecule has 0 bridgehead atoms. The monoisotopic (exact) mass is 460 g/mol. The van der Waals surface area contributed by atoms with Gasteiger partial charge < -0.3 is 9.64 Å². The molecular formula is C21H24F4N2O3S. The molecule has 0 N–H and O–H groups in total. The van der Waals surface area contributed by atoms with Crippen molar-refractivity contribution in [2.75, 3.05) is 24.7 Å². The van der Waals surface area contributed by atoms with E-state index >= 15 is 0 Å². The predicted octanol–water partition coefficient (Wildman–Crippen LogP) is 5.42. The van der Waals surface area contributed by atoms with Crippen molar-refractivity contribution in [3.63, 3.8) is 0 Å². The molecule has 31 heavy (non-hydrogen) atoms. The largest absolute Gasteiger partial charge is 0.462 e. The second-order valence-corrected chi connectivity index (χ2v) is 8.65. The van der Waals surface area contributed by atoms with Crippen molar-refractivity contribution in [1.82, 2.24) is 4.98 Å². The van der Waals surface area contributed by atoms with Gasteiger partial charge in [-0.05, 0) is 12.0 Å². The number of rotatable bonds is 7. The number of anilines is 1. The molecule has 1 aliphatic rings. The van der Waals surface area contributed by atoms with E-state index in [0.29, 0.717) is 25.9 Å². The van der Waals surface area contributed by atoms with E-state index in [1.165, 1.54) is 5.38 Å². The van der Waals surface area contributed by atoms with Gasteiger partial charge in [0.1, 0.15) is 11.9 Å². The number of nitrogens with zero attached hydrogens (tertiary/aromatic N) is 2. The zero-order valence-electron chi connectivity index (χ0n) is 17.3. The number of thiophene rings is 1. The van der Waals surface area contributed by atoms with Crippen LogP contribution in [0, 0.1) is 5.92 Å². The molecule has 3 rings (SSSR count). The first-order valence-corrected chi connectivity index (χ1v) is 11.0. The van der Waals surface area contributed by atoms with E-state index < -0.39 is 30.3 Å². The number of carbonyl (C=O) groups excluding carboxylic acids is 2. The predicted molar refractivity (Wildman–Crippen MR) is 110 cm³/mol. The standard InChI is InChI=1S/C21H24F4N2O3S/c1-3-16(28)14-11-31-20-15(21(23,24)25)9-17(26-19(14)20)27-6-4-13(5-7-27)30-18(29)8-12(2)10-22/h9,11-13H,3-8,10H2,1-2H3/t12-/m1/s1. The Balaban J connectivity index is 1.80. The Morgan fingerprint density at radius 2 is 2.00 bits per heavy atom. The number of esters is 1. The third-order valence-corrected chi connectivity index (χ3v) is 6.28. The summed E-state index contributed by atoms with van der Waals surface area (Å²) in [5.74, 6) is -0.977. The summed E-state index contributed by atoms with van der Waals surface area (Å²) < 4.78 is 58.9. The van der Waals surface area contributed by atoms with Crippen LogP contribution in [0.1, 0.15) is 55.5 Å². The van der Waals surface area contributed by atoms with E-state index in [4.69, 9.17) is 4.74 Å². The van der Waals surface area contributed by atoms with Gasteiger partial charge in [0.25, 0.3) is 0 Å². The summed E-state index contributed by atoms with van der Waals surface area (Å²) in [6.07, 6.45) is -3.90. The van der Waals surface area contributed by atoms with Gasteiger partial charge in [0.05, 0.1) is 34.4 Å². The van der Waals surface area contributed by atoms with Crippen molar-refractivity contribution >= 4 is 39.1 Å². The third kappa shape index (κ3) is 5.34. The molecule has 5 nitrogen and oxygen atoms in total. The highest BCUT2D eigenvalue weighted by molar-refractivity contribution is 7.17. The Bertz CT molecular complexity index is 952. The minimum Gasteiger partial charge on any atom is -0.462 e. The SMILES string of the molecule is CCC(=O)c1csc2c(C(F)(F)F)cc(N3CCC(OC(=O)C[C@@H](C)CF)CC3)nc12. The van der Waals surface area contributed by atoms with Crippen LogP contribution in [-0.2, 0) is 15.7 Å². The molecule has 10 heteroatoms. The van der Waals surface area contributed by atoms with Crippen molar-refractivity contribution in [2.24, 2.45) is 5.92 Å². The summed E-state index contributed by atoms with van der Waals surface area (Å²) in [7, 11) is 0. The van der Waals surface area contributed by atoms with Crippen LogP contribution in [0.2, 0.25) is 0 Å². The molecule has 0 amide bonds. The van der Waals surface area contributed by atoms with Crippen LogP contribution in [0.15, 0.2) is 11.4 Å². The number of carbonyl (C=O) groups is 2. The van der Waals surface area contributed by atoms with Crippen molar-refractivity contribution in [3.8, 4) is 0 Å². The number of hydrogen-bond donors (Lipinski definition) is 0. The first-order chi connectivity index (χ1) is 14.6. The number of ether oxygens (including phenoxy) is 1. The number of alkyl halides is 4. The van der Waals surface area contributed by atoms with E-state index in [1.54, 1.807) is 18.7 Å². The zero-order valence-corrected chi connectivity index (χ0v) is 18.1. The van der Waals surface area contributed by atoms with E-state index in [9.17, 15) is 27.2 Å². The van der Waals surface area contributed by atoms with Gasteiger partial charge in [0.2, 0.25) is 0 Å². The van der Waals surface area contributed by atoms with Crippen LogP contribution in [0.25, 0.3) is 10.2 Å². The Morgan fingerprint density at radius 3 is 2.58 bits per heavy atom. The molecule has 1 fully saturated rings. The summed E-state index contributed by atoms with van der Waals surface area (Å²) in [4.78, 5) is 30.2. The summed E-state index contributed by atoms with van der Waals surface area (Å²) in [5.41, 5.74) is -0.516. The highest BCUT2D eigenvalue weighted by Gasteiger charge is 2.36. The van der Waals surface area contributed by atoms with Crippen LogP contribution in [0.3, 0.4) is 0 Å². The summed E-state index contributed by atoms with van der Waals surface area (Å²) >= 11 is 0.874. The van der Waals surface area contributed by atoms with Crippen LogP contribution < -0.4 is 4.90 Å². The van der Waals surface area contributed by atoms with Gasteiger partial charge >= 0.3 is 12.1 Å². The van der Waals surface area contributed by atoms with Gasteiger partial charge in [0, 0.05) is 37.7 Å². The molecule has 2 aromatic heterocycles. The van der Waals surface area contributed by atoms with Gasteiger partial charge in [-0.3, -0.25) is 14.0 Å². The van der Waals surface area contributed by atoms with Gasteiger partial charge in [0.15, 0.2) is 5.78 Å². The number of aromatic nitrogens is 1. The normalized spacial score (nSPS) is 16.5. The van der Waals surface area contributed by atoms with Gasteiger partial charge in [-0.1, -0.05) is 13.8 Å². The van der Waals surface area contributed by atoms with E-state index in [0.717, 1.165) is 17.4 Å². The van der Waals surface area contributed by atoms with Crippen molar-refractivity contribution in [2.45, 2.75) is 51.8 Å². The second-order valence-electron chi connectivity index (χ2n) is 7.77.